The minimum Gasteiger partial charge on any atom is -0.496 e. The molecular weight excluding hydrogens is 272 g/mol. The summed E-state index contributed by atoms with van der Waals surface area (Å²) >= 11 is 0. The number of methoxy groups -OCH3 is 2. The van der Waals surface area contributed by atoms with Gasteiger partial charge in [-0.15, -0.1) is 0 Å². The molecule has 5 heteroatoms. The van der Waals surface area contributed by atoms with Crippen molar-refractivity contribution in [3.8, 4) is 11.5 Å². The SMILES string of the molecule is COC(=O)CCCC(=O)c1cc(OC(C)C)ccc1OC. The van der Waals surface area contributed by atoms with Crippen LogP contribution in [0, 0.1) is 0 Å². The summed E-state index contributed by atoms with van der Waals surface area (Å²) in [7, 11) is 2.85. The predicted octanol–water partition coefficient (Wildman–Crippen LogP) is 3.01. The molecule has 0 aliphatic heterocycles. The van der Waals surface area contributed by atoms with Crippen LogP contribution in [-0.4, -0.2) is 32.1 Å². The van der Waals surface area contributed by atoms with Crippen molar-refractivity contribution in [1.82, 2.24) is 0 Å². The summed E-state index contributed by atoms with van der Waals surface area (Å²) in [6, 6.07) is 5.16. The highest BCUT2D eigenvalue weighted by molar-refractivity contribution is 5.99. The third-order valence-corrected chi connectivity index (χ3v) is 2.86. The van der Waals surface area contributed by atoms with Gasteiger partial charge in [0.05, 0.1) is 25.9 Å². The molecule has 0 radical (unpaired) electrons. The molecule has 0 N–H and O–H groups in total. The molecule has 0 bridgehead atoms. The van der Waals surface area contributed by atoms with E-state index >= 15 is 0 Å². The van der Waals surface area contributed by atoms with E-state index in [1.54, 1.807) is 18.2 Å². The average Bonchev–Trinajstić information content (AvgIpc) is 2.46. The fraction of sp³-hybridized carbons (Fsp3) is 0.500. The zero-order chi connectivity index (χ0) is 15.8. The van der Waals surface area contributed by atoms with Crippen molar-refractivity contribution in [2.75, 3.05) is 14.2 Å². The predicted molar refractivity (Wildman–Crippen MR) is 79.0 cm³/mol. The topological polar surface area (TPSA) is 61.8 Å². The Morgan fingerprint density at radius 1 is 1.14 bits per heavy atom. The van der Waals surface area contributed by atoms with E-state index in [1.807, 2.05) is 13.8 Å². The van der Waals surface area contributed by atoms with Gasteiger partial charge in [-0.05, 0) is 38.5 Å². The summed E-state index contributed by atoms with van der Waals surface area (Å²) in [5.41, 5.74) is 0.473. The molecule has 0 aliphatic rings. The van der Waals surface area contributed by atoms with Crippen LogP contribution < -0.4 is 9.47 Å². The molecule has 1 aromatic carbocycles. The van der Waals surface area contributed by atoms with Crippen LogP contribution in [0.5, 0.6) is 11.5 Å². The van der Waals surface area contributed by atoms with Crippen LogP contribution in [0.1, 0.15) is 43.5 Å². The van der Waals surface area contributed by atoms with E-state index in [-0.39, 0.29) is 30.7 Å². The van der Waals surface area contributed by atoms with Crippen molar-refractivity contribution in [2.24, 2.45) is 0 Å². The Bertz CT molecular complexity index is 493. The van der Waals surface area contributed by atoms with Gasteiger partial charge in [0.2, 0.25) is 0 Å². The van der Waals surface area contributed by atoms with Gasteiger partial charge in [0.1, 0.15) is 11.5 Å². The normalized spacial score (nSPS) is 10.3. The largest absolute Gasteiger partial charge is 0.496 e. The molecule has 1 rings (SSSR count). The minimum atomic E-state index is -0.313. The highest BCUT2D eigenvalue weighted by Gasteiger charge is 2.14. The lowest BCUT2D eigenvalue weighted by Gasteiger charge is -2.13. The lowest BCUT2D eigenvalue weighted by atomic mass is 10.0. The molecule has 0 atom stereocenters. The zero-order valence-electron chi connectivity index (χ0n) is 13.0. The lowest BCUT2D eigenvalue weighted by Crippen LogP contribution is -2.08. The van der Waals surface area contributed by atoms with Crippen LogP contribution in [0.25, 0.3) is 0 Å². The number of hydrogen-bond donors (Lipinski definition) is 0. The molecule has 0 unspecified atom stereocenters. The molecule has 0 saturated carbocycles. The first-order valence-corrected chi connectivity index (χ1v) is 6.92. The van der Waals surface area contributed by atoms with E-state index in [1.165, 1.54) is 14.2 Å². The van der Waals surface area contributed by atoms with Crippen LogP contribution in [0.15, 0.2) is 18.2 Å². The number of ketones is 1. The molecule has 5 nitrogen and oxygen atoms in total. The van der Waals surface area contributed by atoms with Crippen LogP contribution in [0.3, 0.4) is 0 Å². The number of ether oxygens (including phenoxy) is 3. The number of carbonyl (C=O) groups excluding carboxylic acids is 2. The Hall–Kier alpha value is -2.04. The molecular formula is C16H22O5. The highest BCUT2D eigenvalue weighted by Crippen LogP contribution is 2.26. The van der Waals surface area contributed by atoms with Gasteiger partial charge in [-0.1, -0.05) is 0 Å². The molecule has 21 heavy (non-hydrogen) atoms. The van der Waals surface area contributed by atoms with Gasteiger partial charge in [0.25, 0.3) is 0 Å². The van der Waals surface area contributed by atoms with Gasteiger partial charge in [-0.3, -0.25) is 9.59 Å². The molecule has 0 aliphatic carbocycles. The quantitative estimate of drug-likeness (QED) is 0.545. The maximum atomic E-state index is 12.2. The number of Topliss-reactive ketones (excluding diaryl/α,β-unsaturated/α-hetero) is 1. The van der Waals surface area contributed by atoms with E-state index in [2.05, 4.69) is 4.74 Å². The Balaban J connectivity index is 2.78. The number of benzene rings is 1. The molecule has 0 amide bonds. The fourth-order valence-corrected chi connectivity index (χ4v) is 1.88. The summed E-state index contributed by atoms with van der Waals surface area (Å²) in [5.74, 6) is 0.743. The second-order valence-corrected chi connectivity index (χ2v) is 4.88. The van der Waals surface area contributed by atoms with Crippen LogP contribution >= 0.6 is 0 Å². The van der Waals surface area contributed by atoms with Gasteiger partial charge in [0.15, 0.2) is 5.78 Å². The maximum absolute atomic E-state index is 12.2. The van der Waals surface area contributed by atoms with E-state index in [9.17, 15) is 9.59 Å². The molecule has 0 heterocycles. The van der Waals surface area contributed by atoms with Crippen LogP contribution in [0.2, 0.25) is 0 Å². The Morgan fingerprint density at radius 2 is 1.86 bits per heavy atom. The molecule has 0 spiro atoms. The van der Waals surface area contributed by atoms with E-state index in [0.29, 0.717) is 23.5 Å². The summed E-state index contributed by atoms with van der Waals surface area (Å²) < 4.78 is 15.3. The van der Waals surface area contributed by atoms with Crippen molar-refractivity contribution in [3.05, 3.63) is 23.8 Å². The third kappa shape index (κ3) is 5.45. The molecule has 116 valence electrons. The Labute approximate surface area is 125 Å². The Morgan fingerprint density at radius 3 is 2.43 bits per heavy atom. The van der Waals surface area contributed by atoms with Gasteiger partial charge in [-0.2, -0.15) is 0 Å². The van der Waals surface area contributed by atoms with Crippen molar-refractivity contribution in [2.45, 2.75) is 39.2 Å². The summed E-state index contributed by atoms with van der Waals surface area (Å²) in [6.45, 7) is 3.84. The number of carbonyl (C=O) groups is 2. The monoisotopic (exact) mass is 294 g/mol. The standard InChI is InChI=1S/C16H22O5/c1-11(2)21-12-8-9-15(19-3)13(10-12)14(17)6-5-7-16(18)20-4/h8-11H,5-7H2,1-4H3. The van der Waals surface area contributed by atoms with Gasteiger partial charge in [0, 0.05) is 12.8 Å². The summed E-state index contributed by atoms with van der Waals surface area (Å²) in [4.78, 5) is 23.3. The zero-order valence-corrected chi connectivity index (χ0v) is 13.0. The van der Waals surface area contributed by atoms with Crippen molar-refractivity contribution >= 4 is 11.8 Å². The third-order valence-electron chi connectivity index (χ3n) is 2.86. The van der Waals surface area contributed by atoms with E-state index < -0.39 is 0 Å². The molecule has 1 aromatic rings. The van der Waals surface area contributed by atoms with Crippen molar-refractivity contribution in [3.63, 3.8) is 0 Å². The summed E-state index contributed by atoms with van der Waals surface area (Å²) in [6.07, 6.45) is 0.966. The molecule has 0 aromatic heterocycles. The van der Waals surface area contributed by atoms with Crippen LogP contribution in [-0.2, 0) is 9.53 Å². The van der Waals surface area contributed by atoms with Crippen LogP contribution in [0.4, 0.5) is 0 Å². The number of hydrogen-bond acceptors (Lipinski definition) is 5. The van der Waals surface area contributed by atoms with Gasteiger partial charge in [-0.25, -0.2) is 0 Å². The maximum Gasteiger partial charge on any atom is 0.305 e. The lowest BCUT2D eigenvalue weighted by molar-refractivity contribution is -0.140. The highest BCUT2D eigenvalue weighted by atomic mass is 16.5. The van der Waals surface area contributed by atoms with Crippen molar-refractivity contribution < 1.29 is 23.8 Å². The first-order chi connectivity index (χ1) is 9.97. The van der Waals surface area contributed by atoms with Crippen molar-refractivity contribution in [1.29, 1.82) is 0 Å². The number of esters is 1. The smallest absolute Gasteiger partial charge is 0.305 e. The second-order valence-electron chi connectivity index (χ2n) is 4.88. The van der Waals surface area contributed by atoms with Gasteiger partial charge < -0.3 is 14.2 Å². The fourth-order valence-electron chi connectivity index (χ4n) is 1.88. The molecule has 0 fully saturated rings. The minimum absolute atomic E-state index is 0.0284. The summed E-state index contributed by atoms with van der Waals surface area (Å²) in [5, 5.41) is 0. The second kappa shape index (κ2) is 8.29. The van der Waals surface area contributed by atoms with E-state index in [4.69, 9.17) is 9.47 Å². The van der Waals surface area contributed by atoms with E-state index in [0.717, 1.165) is 0 Å². The first kappa shape index (κ1) is 17.0. The van der Waals surface area contributed by atoms with Gasteiger partial charge >= 0.3 is 5.97 Å². The average molecular weight is 294 g/mol. The molecule has 0 saturated heterocycles. The number of rotatable bonds is 8. The first-order valence-electron chi connectivity index (χ1n) is 6.92. The Kier molecular flexibility index (Phi) is 6.72.